The largest absolute Gasteiger partial charge is 0.496 e. The number of ether oxygens (including phenoxy) is 1. The topological polar surface area (TPSA) is 37.9 Å². The minimum Gasteiger partial charge on any atom is -0.496 e. The first-order valence-corrected chi connectivity index (χ1v) is 5.93. The van der Waals surface area contributed by atoms with Crippen LogP contribution in [0.3, 0.4) is 0 Å². The Hall–Kier alpha value is -1.88. The van der Waals surface area contributed by atoms with E-state index < -0.39 is 0 Å². The number of hydrogen-bond acceptors (Lipinski definition) is 3. The second-order valence-corrected chi connectivity index (χ2v) is 4.48. The van der Waals surface area contributed by atoms with Crippen LogP contribution in [-0.4, -0.2) is 17.1 Å². The van der Waals surface area contributed by atoms with Crippen LogP contribution in [0.2, 0.25) is 0 Å². The average molecular weight is 248 g/mol. The molecule has 0 radical (unpaired) electrons. The summed E-state index contributed by atoms with van der Waals surface area (Å²) in [5, 5.41) is 1.89. The van der Waals surface area contributed by atoms with Crippen molar-refractivity contribution in [2.45, 2.75) is 0 Å². The van der Waals surface area contributed by atoms with E-state index in [1.54, 1.807) is 19.2 Å². The summed E-state index contributed by atoms with van der Waals surface area (Å²) in [5.74, 6) is 1.14. The predicted octanol–water partition coefficient (Wildman–Crippen LogP) is 3.44. The summed E-state index contributed by atoms with van der Waals surface area (Å²) in [7, 11) is 1.62. The van der Waals surface area contributed by atoms with Crippen molar-refractivity contribution in [3.05, 3.63) is 35.5 Å². The number of benzene rings is 1. The highest BCUT2D eigenvalue weighted by molar-refractivity contribution is 7.13. The number of methoxy groups -OCH3 is 1. The molecule has 0 amide bonds. The zero-order valence-electron chi connectivity index (χ0n) is 9.03. The van der Waals surface area contributed by atoms with Crippen molar-refractivity contribution in [1.29, 1.82) is 0 Å². The smallest absolute Gasteiger partial charge is 0.151 e. The zero-order chi connectivity index (χ0) is 11.8. The van der Waals surface area contributed by atoms with Crippen LogP contribution in [-0.2, 0) is 0 Å². The van der Waals surface area contributed by atoms with Crippen LogP contribution in [0, 0.1) is 5.82 Å². The minimum absolute atomic E-state index is 0.312. The highest BCUT2D eigenvalue weighted by atomic mass is 32.1. The van der Waals surface area contributed by atoms with Gasteiger partial charge in [-0.05, 0) is 12.1 Å². The quantitative estimate of drug-likeness (QED) is 0.754. The van der Waals surface area contributed by atoms with Crippen LogP contribution in [0.25, 0.3) is 21.7 Å². The molecule has 0 saturated heterocycles. The van der Waals surface area contributed by atoms with Gasteiger partial charge in [0.05, 0.1) is 17.5 Å². The number of nitrogens with one attached hydrogen (secondary N) is 1. The maximum Gasteiger partial charge on any atom is 0.151 e. The number of aromatic nitrogens is 2. The maximum absolute atomic E-state index is 13.5. The van der Waals surface area contributed by atoms with Crippen LogP contribution < -0.4 is 4.74 Å². The fraction of sp³-hybridized carbons (Fsp3) is 0.0833. The molecular formula is C12H9FN2OS. The third kappa shape index (κ3) is 1.68. The molecule has 2 heterocycles. The third-order valence-electron chi connectivity index (χ3n) is 2.51. The van der Waals surface area contributed by atoms with Crippen LogP contribution >= 0.6 is 11.3 Å². The number of nitrogens with zero attached hydrogens (tertiary/aromatic N) is 1. The number of rotatable bonds is 2. The highest BCUT2D eigenvalue weighted by Gasteiger charge is 2.10. The molecule has 1 aromatic carbocycles. The molecule has 3 aromatic rings. The first kappa shape index (κ1) is 10.3. The van der Waals surface area contributed by atoms with E-state index in [9.17, 15) is 4.39 Å². The Morgan fingerprint density at radius 2 is 2.29 bits per heavy atom. The van der Waals surface area contributed by atoms with Crippen molar-refractivity contribution >= 4 is 22.4 Å². The molecule has 0 bridgehead atoms. The van der Waals surface area contributed by atoms with Gasteiger partial charge in [0.1, 0.15) is 17.1 Å². The average Bonchev–Trinajstić information content (AvgIpc) is 2.95. The summed E-state index contributed by atoms with van der Waals surface area (Å²) < 4.78 is 18.6. The lowest BCUT2D eigenvalue weighted by molar-refractivity contribution is 0.417. The minimum atomic E-state index is -0.312. The number of para-hydroxylation sites is 1. The SMILES string of the molecule is COc1csc(-c2nc3c(F)cccc3[nH]2)c1. The van der Waals surface area contributed by atoms with Crippen molar-refractivity contribution in [2.24, 2.45) is 0 Å². The van der Waals surface area contributed by atoms with E-state index in [1.165, 1.54) is 17.4 Å². The number of H-pyrrole nitrogens is 1. The Morgan fingerprint density at radius 3 is 3.00 bits per heavy atom. The molecule has 0 spiro atoms. The molecule has 0 aliphatic heterocycles. The molecule has 1 N–H and O–H groups in total. The van der Waals surface area contributed by atoms with E-state index in [1.807, 2.05) is 11.4 Å². The number of imidazole rings is 1. The molecule has 0 atom stereocenters. The zero-order valence-corrected chi connectivity index (χ0v) is 9.84. The molecule has 0 saturated carbocycles. The van der Waals surface area contributed by atoms with Gasteiger partial charge >= 0.3 is 0 Å². The van der Waals surface area contributed by atoms with Crippen LogP contribution in [0.4, 0.5) is 4.39 Å². The van der Waals surface area contributed by atoms with Gasteiger partial charge in [-0.2, -0.15) is 0 Å². The highest BCUT2D eigenvalue weighted by Crippen LogP contribution is 2.30. The van der Waals surface area contributed by atoms with E-state index in [2.05, 4.69) is 9.97 Å². The molecular weight excluding hydrogens is 239 g/mol. The molecule has 0 fully saturated rings. The van der Waals surface area contributed by atoms with Crippen LogP contribution in [0.1, 0.15) is 0 Å². The molecule has 0 aliphatic carbocycles. The summed E-state index contributed by atoms with van der Waals surface area (Å²) in [5.41, 5.74) is 1.07. The normalized spacial score (nSPS) is 10.9. The molecule has 2 aromatic heterocycles. The number of aromatic amines is 1. The second-order valence-electron chi connectivity index (χ2n) is 3.57. The molecule has 3 rings (SSSR count). The summed E-state index contributed by atoms with van der Waals surface area (Å²) >= 11 is 1.51. The van der Waals surface area contributed by atoms with Crippen molar-refractivity contribution in [3.8, 4) is 16.5 Å². The van der Waals surface area contributed by atoms with Gasteiger partial charge in [0, 0.05) is 11.4 Å². The number of halogens is 1. The van der Waals surface area contributed by atoms with Gasteiger partial charge in [-0.15, -0.1) is 11.3 Å². The van der Waals surface area contributed by atoms with Gasteiger partial charge in [-0.25, -0.2) is 9.37 Å². The summed E-state index contributed by atoms with van der Waals surface area (Å²) in [6.45, 7) is 0. The van der Waals surface area contributed by atoms with E-state index >= 15 is 0 Å². The Kier molecular flexibility index (Phi) is 2.33. The molecule has 17 heavy (non-hydrogen) atoms. The van der Waals surface area contributed by atoms with E-state index in [-0.39, 0.29) is 5.82 Å². The monoisotopic (exact) mass is 248 g/mol. The fourth-order valence-electron chi connectivity index (χ4n) is 1.66. The van der Waals surface area contributed by atoms with Gasteiger partial charge < -0.3 is 9.72 Å². The summed E-state index contributed by atoms with van der Waals surface area (Å²) in [4.78, 5) is 8.28. The Morgan fingerprint density at radius 1 is 1.41 bits per heavy atom. The molecule has 0 unspecified atom stereocenters. The third-order valence-corrected chi connectivity index (χ3v) is 3.42. The summed E-state index contributed by atoms with van der Waals surface area (Å²) in [6, 6.07) is 6.75. The van der Waals surface area contributed by atoms with Crippen LogP contribution in [0.5, 0.6) is 5.75 Å². The maximum atomic E-state index is 13.5. The van der Waals surface area contributed by atoms with Gasteiger partial charge in [-0.1, -0.05) is 6.07 Å². The molecule has 3 nitrogen and oxygen atoms in total. The Bertz CT molecular complexity index is 674. The number of fused-ring (bicyclic) bond motifs is 1. The molecule has 86 valence electrons. The number of thiophene rings is 1. The summed E-state index contributed by atoms with van der Waals surface area (Å²) in [6.07, 6.45) is 0. The van der Waals surface area contributed by atoms with Gasteiger partial charge in [0.15, 0.2) is 5.82 Å². The lowest BCUT2D eigenvalue weighted by Gasteiger charge is -1.89. The van der Waals surface area contributed by atoms with Crippen molar-refractivity contribution < 1.29 is 9.13 Å². The lowest BCUT2D eigenvalue weighted by atomic mass is 10.3. The van der Waals surface area contributed by atoms with Crippen molar-refractivity contribution in [1.82, 2.24) is 9.97 Å². The lowest BCUT2D eigenvalue weighted by Crippen LogP contribution is -1.77. The van der Waals surface area contributed by atoms with Crippen LogP contribution in [0.15, 0.2) is 29.6 Å². The van der Waals surface area contributed by atoms with E-state index in [0.717, 1.165) is 10.6 Å². The van der Waals surface area contributed by atoms with Crippen molar-refractivity contribution in [2.75, 3.05) is 7.11 Å². The second kappa shape index (κ2) is 3.85. The first-order chi connectivity index (χ1) is 8.28. The fourth-order valence-corrected chi connectivity index (χ4v) is 2.46. The van der Waals surface area contributed by atoms with Crippen molar-refractivity contribution in [3.63, 3.8) is 0 Å². The van der Waals surface area contributed by atoms with Gasteiger partial charge in [0.2, 0.25) is 0 Å². The standard InChI is InChI=1S/C12H9FN2OS/c1-16-7-5-10(17-6-7)12-14-9-4-2-3-8(13)11(9)15-12/h2-6H,1H3,(H,14,15). The Labute approximate surface area is 101 Å². The van der Waals surface area contributed by atoms with E-state index in [4.69, 9.17) is 4.74 Å². The first-order valence-electron chi connectivity index (χ1n) is 5.05. The van der Waals surface area contributed by atoms with E-state index in [0.29, 0.717) is 16.9 Å². The number of hydrogen-bond donors (Lipinski definition) is 1. The predicted molar refractivity (Wildman–Crippen MR) is 65.9 cm³/mol. The van der Waals surface area contributed by atoms with Gasteiger partial charge in [0.25, 0.3) is 0 Å². The molecule has 5 heteroatoms. The van der Waals surface area contributed by atoms with Gasteiger partial charge in [-0.3, -0.25) is 0 Å². The molecule has 0 aliphatic rings. The Balaban J connectivity index is 2.14.